The molecule has 3 rings (SSSR count). The lowest BCUT2D eigenvalue weighted by Crippen LogP contribution is -2.53. The minimum absolute atomic E-state index is 0.149. The molecule has 21 heavy (non-hydrogen) atoms. The zero-order valence-corrected chi connectivity index (χ0v) is 12.4. The molecule has 2 aliphatic rings. The van der Waals surface area contributed by atoms with E-state index in [0.29, 0.717) is 17.4 Å². The number of hydrogen-bond donors (Lipinski definition) is 2. The lowest BCUT2D eigenvalue weighted by Gasteiger charge is -2.45. The van der Waals surface area contributed by atoms with Gasteiger partial charge < -0.3 is 11.1 Å². The molecule has 4 heteroatoms. The highest BCUT2D eigenvalue weighted by Gasteiger charge is 2.40. The summed E-state index contributed by atoms with van der Waals surface area (Å²) >= 11 is 0. The molecular formula is C17H23FN2O. The van der Waals surface area contributed by atoms with E-state index in [9.17, 15) is 9.18 Å². The Bertz CT molecular complexity index is 532. The SMILES string of the molecule is Cc1ccc(F)cc1C(=O)NC1C2CCCC1CC(N)C2. The van der Waals surface area contributed by atoms with E-state index in [1.54, 1.807) is 6.07 Å². The van der Waals surface area contributed by atoms with E-state index in [1.165, 1.54) is 18.6 Å². The lowest BCUT2D eigenvalue weighted by molar-refractivity contribution is 0.0755. The summed E-state index contributed by atoms with van der Waals surface area (Å²) < 4.78 is 13.4. The molecule has 0 heterocycles. The van der Waals surface area contributed by atoms with E-state index in [4.69, 9.17) is 5.73 Å². The molecule has 2 atom stereocenters. The number of fused-ring (bicyclic) bond motifs is 2. The second kappa shape index (κ2) is 5.76. The largest absolute Gasteiger partial charge is 0.349 e. The first-order valence-corrected chi connectivity index (χ1v) is 7.87. The van der Waals surface area contributed by atoms with Gasteiger partial charge in [0, 0.05) is 17.6 Å². The molecule has 0 saturated heterocycles. The maximum Gasteiger partial charge on any atom is 0.251 e. The predicted octanol–water partition coefficient (Wildman–Crippen LogP) is 2.77. The van der Waals surface area contributed by atoms with E-state index in [2.05, 4.69) is 5.32 Å². The first-order valence-electron chi connectivity index (χ1n) is 7.87. The Labute approximate surface area is 125 Å². The van der Waals surface area contributed by atoms with Crippen molar-refractivity contribution in [1.82, 2.24) is 5.32 Å². The van der Waals surface area contributed by atoms with Gasteiger partial charge >= 0.3 is 0 Å². The molecule has 2 aliphatic carbocycles. The van der Waals surface area contributed by atoms with Gasteiger partial charge in [0.25, 0.3) is 5.91 Å². The smallest absolute Gasteiger partial charge is 0.251 e. The highest BCUT2D eigenvalue weighted by molar-refractivity contribution is 5.95. The number of amides is 1. The minimum Gasteiger partial charge on any atom is -0.349 e. The highest BCUT2D eigenvalue weighted by atomic mass is 19.1. The predicted molar refractivity (Wildman–Crippen MR) is 80.4 cm³/mol. The molecule has 2 bridgehead atoms. The Morgan fingerprint density at radius 2 is 1.95 bits per heavy atom. The standard InChI is InChI=1S/C17H23FN2O/c1-10-5-6-13(18)9-15(10)17(21)20-16-11-3-2-4-12(16)8-14(19)7-11/h5-6,9,11-12,14,16H,2-4,7-8,19H2,1H3,(H,20,21). The Kier molecular flexibility index (Phi) is 3.98. The van der Waals surface area contributed by atoms with Gasteiger partial charge in [0.2, 0.25) is 0 Å². The van der Waals surface area contributed by atoms with E-state index < -0.39 is 0 Å². The van der Waals surface area contributed by atoms with Crippen molar-refractivity contribution >= 4 is 5.91 Å². The fraction of sp³-hybridized carbons (Fsp3) is 0.588. The molecule has 0 aromatic heterocycles. The van der Waals surface area contributed by atoms with Crippen LogP contribution in [0.15, 0.2) is 18.2 Å². The lowest BCUT2D eigenvalue weighted by atomic mass is 9.67. The molecule has 3 N–H and O–H groups in total. The van der Waals surface area contributed by atoms with Gasteiger partial charge in [-0.05, 0) is 62.1 Å². The van der Waals surface area contributed by atoms with E-state index >= 15 is 0 Å². The van der Waals surface area contributed by atoms with Crippen LogP contribution >= 0.6 is 0 Å². The van der Waals surface area contributed by atoms with Crippen LogP contribution in [-0.2, 0) is 0 Å². The molecule has 0 aliphatic heterocycles. The maximum atomic E-state index is 13.4. The third-order valence-corrected chi connectivity index (χ3v) is 5.12. The van der Waals surface area contributed by atoms with E-state index in [0.717, 1.165) is 31.2 Å². The fourth-order valence-electron chi connectivity index (χ4n) is 4.09. The zero-order chi connectivity index (χ0) is 15.0. The van der Waals surface area contributed by atoms with Crippen LogP contribution in [0.3, 0.4) is 0 Å². The van der Waals surface area contributed by atoms with Crippen LogP contribution in [0.25, 0.3) is 0 Å². The number of carbonyl (C=O) groups is 1. The molecule has 1 aromatic rings. The number of carbonyl (C=O) groups excluding carboxylic acids is 1. The summed E-state index contributed by atoms with van der Waals surface area (Å²) in [6, 6.07) is 4.84. The third kappa shape index (κ3) is 2.95. The van der Waals surface area contributed by atoms with Gasteiger partial charge in [-0.15, -0.1) is 0 Å². The number of benzene rings is 1. The van der Waals surface area contributed by atoms with Crippen molar-refractivity contribution < 1.29 is 9.18 Å². The fourth-order valence-corrected chi connectivity index (χ4v) is 4.09. The Hall–Kier alpha value is -1.42. The summed E-state index contributed by atoms with van der Waals surface area (Å²) in [7, 11) is 0. The van der Waals surface area contributed by atoms with Gasteiger partial charge in [-0.2, -0.15) is 0 Å². The van der Waals surface area contributed by atoms with Crippen molar-refractivity contribution in [3.63, 3.8) is 0 Å². The normalized spacial score (nSPS) is 31.8. The molecule has 2 fully saturated rings. The molecule has 1 amide bonds. The molecule has 3 nitrogen and oxygen atoms in total. The van der Waals surface area contributed by atoms with Gasteiger partial charge in [0.1, 0.15) is 5.82 Å². The third-order valence-electron chi connectivity index (χ3n) is 5.12. The van der Waals surface area contributed by atoms with Gasteiger partial charge in [0.15, 0.2) is 0 Å². The van der Waals surface area contributed by atoms with E-state index in [1.807, 2.05) is 6.92 Å². The van der Waals surface area contributed by atoms with Crippen molar-refractivity contribution in [1.29, 1.82) is 0 Å². The number of nitrogens with one attached hydrogen (secondary N) is 1. The summed E-state index contributed by atoms with van der Waals surface area (Å²) in [5.74, 6) is 0.441. The second-order valence-corrected chi connectivity index (χ2v) is 6.64. The summed E-state index contributed by atoms with van der Waals surface area (Å²) in [4.78, 5) is 12.5. The number of rotatable bonds is 2. The van der Waals surface area contributed by atoms with Gasteiger partial charge in [-0.1, -0.05) is 12.5 Å². The van der Waals surface area contributed by atoms with Crippen LogP contribution in [0.1, 0.15) is 48.0 Å². The molecule has 114 valence electrons. The van der Waals surface area contributed by atoms with E-state index in [-0.39, 0.29) is 23.8 Å². The van der Waals surface area contributed by atoms with Crippen molar-refractivity contribution in [3.05, 3.63) is 35.1 Å². The molecule has 1 aromatic carbocycles. The topological polar surface area (TPSA) is 55.1 Å². The summed E-state index contributed by atoms with van der Waals surface area (Å²) in [5, 5.41) is 3.16. The van der Waals surface area contributed by atoms with Crippen LogP contribution in [0.2, 0.25) is 0 Å². The first-order chi connectivity index (χ1) is 10.0. The monoisotopic (exact) mass is 290 g/mol. The van der Waals surface area contributed by atoms with Crippen molar-refractivity contribution in [2.24, 2.45) is 17.6 Å². The number of halogens is 1. The average Bonchev–Trinajstić information content (AvgIpc) is 2.42. The molecular weight excluding hydrogens is 267 g/mol. The van der Waals surface area contributed by atoms with Crippen LogP contribution in [0.4, 0.5) is 4.39 Å². The second-order valence-electron chi connectivity index (χ2n) is 6.64. The molecule has 2 saturated carbocycles. The molecule has 0 spiro atoms. The van der Waals surface area contributed by atoms with Crippen LogP contribution in [0, 0.1) is 24.6 Å². The summed E-state index contributed by atoms with van der Waals surface area (Å²) in [6.07, 6.45) is 5.48. The quantitative estimate of drug-likeness (QED) is 0.880. The summed E-state index contributed by atoms with van der Waals surface area (Å²) in [6.45, 7) is 1.84. The molecule has 0 radical (unpaired) electrons. The Morgan fingerprint density at radius 3 is 2.62 bits per heavy atom. The van der Waals surface area contributed by atoms with Crippen LogP contribution in [0.5, 0.6) is 0 Å². The number of nitrogens with two attached hydrogens (primary N) is 1. The van der Waals surface area contributed by atoms with Gasteiger partial charge in [0.05, 0.1) is 0 Å². The maximum absolute atomic E-state index is 13.4. The molecule has 2 unspecified atom stereocenters. The van der Waals surface area contributed by atoms with Crippen LogP contribution in [-0.4, -0.2) is 18.0 Å². The van der Waals surface area contributed by atoms with Gasteiger partial charge in [-0.3, -0.25) is 4.79 Å². The first kappa shape index (κ1) is 14.5. The average molecular weight is 290 g/mol. The summed E-state index contributed by atoms with van der Waals surface area (Å²) in [5.41, 5.74) is 7.37. The van der Waals surface area contributed by atoms with Gasteiger partial charge in [-0.25, -0.2) is 4.39 Å². The Balaban J connectivity index is 1.76. The van der Waals surface area contributed by atoms with Crippen molar-refractivity contribution in [2.45, 2.75) is 51.1 Å². The Morgan fingerprint density at radius 1 is 1.29 bits per heavy atom. The van der Waals surface area contributed by atoms with Crippen molar-refractivity contribution in [2.75, 3.05) is 0 Å². The number of aryl methyl sites for hydroxylation is 1. The van der Waals surface area contributed by atoms with Crippen molar-refractivity contribution in [3.8, 4) is 0 Å². The minimum atomic E-state index is -0.364. The number of hydrogen-bond acceptors (Lipinski definition) is 2. The highest BCUT2D eigenvalue weighted by Crippen LogP contribution is 2.39. The zero-order valence-electron chi connectivity index (χ0n) is 12.4. The van der Waals surface area contributed by atoms with Crippen LogP contribution < -0.4 is 11.1 Å².